The molecule has 3 N–H and O–H groups in total. The van der Waals surface area contributed by atoms with Crippen molar-refractivity contribution in [2.45, 2.75) is 19.1 Å². The van der Waals surface area contributed by atoms with Gasteiger partial charge in [0.2, 0.25) is 0 Å². The normalized spacial score (nSPS) is 13.4. The predicted octanol–water partition coefficient (Wildman–Crippen LogP) is 0.246. The summed E-state index contributed by atoms with van der Waals surface area (Å²) in [5.74, 6) is -1.15. The number of nitrogens with one attached hydrogen (secondary N) is 1. The molecule has 1 aromatic carbocycles. The molecule has 22 heavy (non-hydrogen) atoms. The molecule has 0 aliphatic heterocycles. The summed E-state index contributed by atoms with van der Waals surface area (Å²) in [5, 5.41) is 26.5. The Morgan fingerprint density at radius 2 is 2.00 bits per heavy atom. The highest BCUT2D eigenvalue weighted by molar-refractivity contribution is 7.03. The fraction of sp³-hybridized carbons (Fsp3) is 0.286. The Bertz CT molecular complexity index is 641. The van der Waals surface area contributed by atoms with Gasteiger partial charge < -0.3 is 15.5 Å². The number of rotatable bonds is 6. The van der Waals surface area contributed by atoms with Crippen molar-refractivity contribution >= 4 is 23.2 Å². The quantitative estimate of drug-likeness (QED) is 0.703. The first-order chi connectivity index (χ1) is 10.5. The number of hydrogen-bond donors (Lipinski definition) is 3. The topological polar surface area (TPSA) is 112 Å². The molecule has 0 aliphatic rings. The lowest BCUT2D eigenvalue weighted by atomic mass is 10.1. The van der Waals surface area contributed by atoms with Crippen molar-refractivity contribution in [1.29, 1.82) is 0 Å². The summed E-state index contributed by atoms with van der Waals surface area (Å²) in [5.41, 5.74) is 1.88. The zero-order valence-corrected chi connectivity index (χ0v) is 12.6. The number of hydrogen-bond acceptors (Lipinski definition) is 7. The van der Waals surface area contributed by atoms with Crippen LogP contribution >= 0.6 is 11.5 Å². The first-order valence-corrected chi connectivity index (χ1v) is 7.36. The molecule has 0 radical (unpaired) electrons. The van der Waals surface area contributed by atoms with E-state index >= 15 is 0 Å². The lowest BCUT2D eigenvalue weighted by Gasteiger charge is -2.19. The Morgan fingerprint density at radius 3 is 2.50 bits per heavy atom. The molecule has 2 atom stereocenters. The Morgan fingerprint density at radius 1 is 1.32 bits per heavy atom. The van der Waals surface area contributed by atoms with Crippen molar-refractivity contribution in [2.75, 3.05) is 6.61 Å². The molecule has 7 nitrogen and oxygen atoms in total. The molecule has 0 fully saturated rings. The summed E-state index contributed by atoms with van der Waals surface area (Å²) in [6.45, 7) is 0.627. The van der Waals surface area contributed by atoms with Crippen molar-refractivity contribution < 1.29 is 19.8 Å². The molecule has 116 valence electrons. The van der Waals surface area contributed by atoms with Gasteiger partial charge in [-0.1, -0.05) is 16.6 Å². The van der Waals surface area contributed by atoms with Crippen LogP contribution in [0, 0.1) is 0 Å². The highest BCUT2D eigenvalue weighted by Crippen LogP contribution is 2.18. The summed E-state index contributed by atoms with van der Waals surface area (Å²) < 4.78 is 3.77. The number of amides is 1. The van der Waals surface area contributed by atoms with Gasteiger partial charge in [-0.05, 0) is 30.6 Å². The molecule has 0 spiro atoms. The molecule has 1 heterocycles. The summed E-state index contributed by atoms with van der Waals surface area (Å²) in [4.78, 5) is 23.6. The number of nitrogens with zero attached hydrogens (tertiary/aromatic N) is 2. The number of aliphatic hydroxyl groups is 2. The standard InChI is InChI=1S/C14H15N3O4S/c1-8(19)13(12(20)6-18)15-14(21)10-4-2-9(3-5-10)11-7-22-17-16-11/h2-5,7-8,13,18-19H,6H2,1H3,(H,15,21)/t8-,13+/m1/s1. The minimum atomic E-state index is -1.14. The van der Waals surface area contributed by atoms with E-state index < -0.39 is 30.4 Å². The van der Waals surface area contributed by atoms with Crippen LogP contribution < -0.4 is 5.32 Å². The van der Waals surface area contributed by atoms with Gasteiger partial charge in [0, 0.05) is 16.5 Å². The smallest absolute Gasteiger partial charge is 0.251 e. The Kier molecular flexibility index (Phi) is 5.31. The molecule has 1 amide bonds. The molecular formula is C14H15N3O4S. The van der Waals surface area contributed by atoms with E-state index in [1.807, 2.05) is 0 Å². The summed E-state index contributed by atoms with van der Waals surface area (Å²) in [6.07, 6.45) is -1.09. The van der Waals surface area contributed by atoms with E-state index in [2.05, 4.69) is 14.9 Å². The largest absolute Gasteiger partial charge is 0.391 e. The molecule has 8 heteroatoms. The number of aliphatic hydroxyl groups excluding tert-OH is 2. The highest BCUT2D eigenvalue weighted by Gasteiger charge is 2.25. The molecule has 0 saturated heterocycles. The monoisotopic (exact) mass is 321 g/mol. The van der Waals surface area contributed by atoms with Crippen molar-refractivity contribution in [2.24, 2.45) is 0 Å². The molecule has 2 rings (SSSR count). The van der Waals surface area contributed by atoms with Crippen molar-refractivity contribution in [3.05, 3.63) is 35.2 Å². The van der Waals surface area contributed by atoms with Gasteiger partial charge in [-0.2, -0.15) is 0 Å². The van der Waals surface area contributed by atoms with Gasteiger partial charge in [0.05, 0.1) is 6.10 Å². The van der Waals surface area contributed by atoms with E-state index in [4.69, 9.17) is 5.11 Å². The van der Waals surface area contributed by atoms with Crippen molar-refractivity contribution in [1.82, 2.24) is 14.9 Å². The second-order valence-electron chi connectivity index (χ2n) is 4.68. The molecule has 1 aromatic heterocycles. The van der Waals surface area contributed by atoms with Gasteiger partial charge in [0.15, 0.2) is 5.78 Å². The van der Waals surface area contributed by atoms with Crippen LogP contribution in [0.15, 0.2) is 29.6 Å². The number of ketones is 1. The fourth-order valence-electron chi connectivity index (χ4n) is 1.88. The van der Waals surface area contributed by atoms with Crippen LogP contribution in [-0.2, 0) is 4.79 Å². The maximum atomic E-state index is 12.1. The molecule has 0 unspecified atom stereocenters. The van der Waals surface area contributed by atoms with Crippen LogP contribution in [0.1, 0.15) is 17.3 Å². The zero-order chi connectivity index (χ0) is 16.1. The van der Waals surface area contributed by atoms with Crippen LogP contribution in [0.4, 0.5) is 0 Å². The van der Waals surface area contributed by atoms with Gasteiger partial charge in [-0.25, -0.2) is 0 Å². The van der Waals surface area contributed by atoms with E-state index in [1.54, 1.807) is 29.6 Å². The number of aromatic nitrogens is 2. The van der Waals surface area contributed by atoms with E-state index in [9.17, 15) is 14.7 Å². The first kappa shape index (κ1) is 16.2. The van der Waals surface area contributed by atoms with E-state index in [0.29, 0.717) is 11.3 Å². The van der Waals surface area contributed by atoms with Crippen LogP contribution in [-0.4, -0.2) is 50.2 Å². The van der Waals surface area contributed by atoms with Gasteiger partial charge >= 0.3 is 0 Å². The van der Waals surface area contributed by atoms with E-state index in [0.717, 1.165) is 5.56 Å². The Labute approximate surface area is 130 Å². The fourth-order valence-corrected chi connectivity index (χ4v) is 2.34. The van der Waals surface area contributed by atoms with Gasteiger partial charge in [0.1, 0.15) is 18.3 Å². The predicted molar refractivity (Wildman–Crippen MR) is 80.4 cm³/mol. The Balaban J connectivity index is 2.11. The third-order valence-corrected chi connectivity index (χ3v) is 3.58. The number of Topliss-reactive ketones (excluding diaryl/α,β-unsaturated/α-hetero) is 1. The second-order valence-corrected chi connectivity index (χ2v) is 5.29. The first-order valence-electron chi connectivity index (χ1n) is 6.53. The lowest BCUT2D eigenvalue weighted by molar-refractivity contribution is -0.125. The van der Waals surface area contributed by atoms with Gasteiger partial charge in [-0.3, -0.25) is 9.59 Å². The number of benzene rings is 1. The van der Waals surface area contributed by atoms with Crippen LogP contribution in [0.2, 0.25) is 0 Å². The van der Waals surface area contributed by atoms with Crippen LogP contribution in [0.25, 0.3) is 11.3 Å². The van der Waals surface area contributed by atoms with Crippen LogP contribution in [0.5, 0.6) is 0 Å². The molecular weight excluding hydrogens is 306 g/mol. The Hall–Kier alpha value is -2.16. The average molecular weight is 321 g/mol. The van der Waals surface area contributed by atoms with Crippen LogP contribution in [0.3, 0.4) is 0 Å². The third kappa shape index (κ3) is 3.73. The maximum absolute atomic E-state index is 12.1. The molecule has 0 aliphatic carbocycles. The number of carbonyl (C=O) groups excluding carboxylic acids is 2. The van der Waals surface area contributed by atoms with Gasteiger partial charge in [-0.15, -0.1) is 5.10 Å². The van der Waals surface area contributed by atoms with Crippen molar-refractivity contribution in [3.63, 3.8) is 0 Å². The summed E-state index contributed by atoms with van der Waals surface area (Å²) in [6, 6.07) is 5.48. The minimum absolute atomic E-state index is 0.336. The second kappa shape index (κ2) is 7.21. The third-order valence-electron chi connectivity index (χ3n) is 3.07. The molecule has 0 bridgehead atoms. The highest BCUT2D eigenvalue weighted by atomic mass is 32.1. The molecule has 0 saturated carbocycles. The lowest BCUT2D eigenvalue weighted by Crippen LogP contribution is -2.48. The summed E-state index contributed by atoms with van der Waals surface area (Å²) >= 11 is 1.23. The number of carbonyl (C=O) groups is 2. The average Bonchev–Trinajstić information content (AvgIpc) is 3.06. The zero-order valence-electron chi connectivity index (χ0n) is 11.8. The van der Waals surface area contributed by atoms with E-state index in [1.165, 1.54) is 18.5 Å². The summed E-state index contributed by atoms with van der Waals surface area (Å²) in [7, 11) is 0. The SMILES string of the molecule is C[C@@H](O)[C@H](NC(=O)c1ccc(-c2csnn2)cc1)C(=O)CO. The van der Waals surface area contributed by atoms with Gasteiger partial charge in [0.25, 0.3) is 5.91 Å². The van der Waals surface area contributed by atoms with Crippen molar-refractivity contribution in [3.8, 4) is 11.3 Å². The molecule has 2 aromatic rings. The van der Waals surface area contributed by atoms with E-state index in [-0.39, 0.29) is 0 Å². The minimum Gasteiger partial charge on any atom is -0.391 e. The maximum Gasteiger partial charge on any atom is 0.251 e.